The van der Waals surface area contributed by atoms with E-state index in [4.69, 9.17) is 4.42 Å². The zero-order valence-electron chi connectivity index (χ0n) is 8.71. The third-order valence-corrected chi connectivity index (χ3v) is 3.03. The number of furan rings is 1. The zero-order chi connectivity index (χ0) is 11.5. The lowest BCUT2D eigenvalue weighted by molar-refractivity contribution is 0.460. The van der Waals surface area contributed by atoms with Gasteiger partial charge in [-0.05, 0) is 46.7 Å². The van der Waals surface area contributed by atoms with Crippen LogP contribution in [0.3, 0.4) is 0 Å². The van der Waals surface area contributed by atoms with E-state index in [1.54, 1.807) is 12.3 Å². The van der Waals surface area contributed by atoms with E-state index < -0.39 is 0 Å². The molecule has 0 saturated heterocycles. The fourth-order valence-corrected chi connectivity index (χ4v) is 2.08. The van der Waals surface area contributed by atoms with Crippen LogP contribution in [0, 0.1) is 5.82 Å². The molecule has 1 N–H and O–H groups in total. The second kappa shape index (κ2) is 4.80. The lowest BCUT2D eigenvalue weighted by Crippen LogP contribution is -2.17. The van der Waals surface area contributed by atoms with Crippen molar-refractivity contribution in [3.63, 3.8) is 0 Å². The molecule has 0 spiro atoms. The van der Waals surface area contributed by atoms with Crippen LogP contribution >= 0.6 is 15.9 Å². The lowest BCUT2D eigenvalue weighted by Gasteiger charge is -2.14. The number of rotatable bonds is 3. The molecule has 1 aromatic heterocycles. The number of nitrogens with one attached hydrogen (secondary N) is 1. The van der Waals surface area contributed by atoms with Crippen LogP contribution in [-0.4, -0.2) is 7.05 Å². The summed E-state index contributed by atoms with van der Waals surface area (Å²) >= 11 is 3.40. The Morgan fingerprint density at radius 3 is 2.75 bits per heavy atom. The molecular weight excluding hydrogens is 273 g/mol. The summed E-state index contributed by atoms with van der Waals surface area (Å²) in [5, 5.41) is 3.10. The van der Waals surface area contributed by atoms with E-state index in [0.29, 0.717) is 0 Å². The van der Waals surface area contributed by atoms with Gasteiger partial charge in [-0.3, -0.25) is 0 Å². The van der Waals surface area contributed by atoms with E-state index in [-0.39, 0.29) is 11.9 Å². The van der Waals surface area contributed by atoms with Gasteiger partial charge in [0.25, 0.3) is 0 Å². The molecule has 16 heavy (non-hydrogen) atoms. The van der Waals surface area contributed by atoms with Gasteiger partial charge in [-0.1, -0.05) is 12.1 Å². The van der Waals surface area contributed by atoms with Crippen LogP contribution in [0.4, 0.5) is 4.39 Å². The van der Waals surface area contributed by atoms with Gasteiger partial charge < -0.3 is 9.73 Å². The van der Waals surface area contributed by atoms with Gasteiger partial charge in [-0.2, -0.15) is 0 Å². The van der Waals surface area contributed by atoms with Gasteiger partial charge in [-0.15, -0.1) is 0 Å². The normalized spacial score (nSPS) is 12.7. The van der Waals surface area contributed by atoms with E-state index in [9.17, 15) is 4.39 Å². The van der Waals surface area contributed by atoms with Gasteiger partial charge in [-0.25, -0.2) is 4.39 Å². The molecule has 1 unspecified atom stereocenters. The first-order valence-electron chi connectivity index (χ1n) is 4.88. The Balaban J connectivity index is 2.40. The minimum absolute atomic E-state index is 0.153. The van der Waals surface area contributed by atoms with E-state index in [0.717, 1.165) is 15.8 Å². The van der Waals surface area contributed by atoms with Crippen molar-refractivity contribution >= 4 is 15.9 Å². The van der Waals surface area contributed by atoms with Gasteiger partial charge >= 0.3 is 0 Å². The Labute approximate surface area is 102 Å². The van der Waals surface area contributed by atoms with Crippen LogP contribution in [0.1, 0.15) is 17.4 Å². The lowest BCUT2D eigenvalue weighted by atomic mass is 10.0. The molecule has 0 radical (unpaired) electrons. The van der Waals surface area contributed by atoms with Crippen molar-refractivity contribution in [3.8, 4) is 0 Å². The van der Waals surface area contributed by atoms with E-state index in [1.807, 2.05) is 19.2 Å². The molecule has 0 amide bonds. The minimum Gasteiger partial charge on any atom is -0.466 e. The summed E-state index contributed by atoms with van der Waals surface area (Å²) in [7, 11) is 1.81. The Morgan fingerprint density at radius 1 is 1.38 bits per heavy atom. The first-order valence-corrected chi connectivity index (χ1v) is 5.67. The summed E-state index contributed by atoms with van der Waals surface area (Å²) < 4.78 is 19.4. The second-order valence-electron chi connectivity index (χ2n) is 3.41. The zero-order valence-corrected chi connectivity index (χ0v) is 10.3. The standard InChI is InChI=1S/C12H11BrFNO/c1-15-11(12-10(13)5-6-16-12)8-3-2-4-9(14)7-8/h2-7,11,15H,1H3. The quantitative estimate of drug-likeness (QED) is 0.933. The Bertz CT molecular complexity index is 483. The molecule has 0 fully saturated rings. The molecule has 2 nitrogen and oxygen atoms in total. The second-order valence-corrected chi connectivity index (χ2v) is 4.26. The Kier molecular flexibility index (Phi) is 3.41. The van der Waals surface area contributed by atoms with Crippen LogP contribution in [0.15, 0.2) is 45.5 Å². The maximum atomic E-state index is 13.1. The fourth-order valence-electron chi connectivity index (χ4n) is 1.65. The molecule has 2 aromatic rings. The van der Waals surface area contributed by atoms with Crippen LogP contribution < -0.4 is 5.32 Å². The molecule has 0 aliphatic carbocycles. The van der Waals surface area contributed by atoms with Crippen LogP contribution in [0.2, 0.25) is 0 Å². The topological polar surface area (TPSA) is 25.2 Å². The van der Waals surface area contributed by atoms with Crippen molar-refractivity contribution in [2.45, 2.75) is 6.04 Å². The predicted octanol–water partition coefficient (Wildman–Crippen LogP) is 3.49. The number of halogens is 2. The van der Waals surface area contributed by atoms with Gasteiger partial charge in [0.2, 0.25) is 0 Å². The maximum absolute atomic E-state index is 13.1. The summed E-state index contributed by atoms with van der Waals surface area (Å²) in [6.07, 6.45) is 1.60. The molecular formula is C12H11BrFNO. The molecule has 4 heteroatoms. The highest BCUT2D eigenvalue weighted by molar-refractivity contribution is 9.10. The number of benzene rings is 1. The first-order chi connectivity index (χ1) is 7.72. The van der Waals surface area contributed by atoms with Gasteiger partial charge in [0.05, 0.1) is 16.8 Å². The summed E-state index contributed by atoms with van der Waals surface area (Å²) in [5.74, 6) is 0.494. The van der Waals surface area contributed by atoms with Gasteiger partial charge in [0, 0.05) is 0 Å². The van der Waals surface area contributed by atoms with Crippen molar-refractivity contribution in [2.75, 3.05) is 7.05 Å². The summed E-state index contributed by atoms with van der Waals surface area (Å²) in [5.41, 5.74) is 0.832. The monoisotopic (exact) mass is 283 g/mol. The van der Waals surface area contributed by atoms with Crippen LogP contribution in [0.25, 0.3) is 0 Å². The molecule has 0 aliphatic rings. The minimum atomic E-state index is -0.250. The first kappa shape index (κ1) is 11.4. The molecule has 0 aliphatic heterocycles. The largest absolute Gasteiger partial charge is 0.466 e. The van der Waals surface area contributed by atoms with Crippen molar-refractivity contribution in [3.05, 3.63) is 58.2 Å². The molecule has 1 aromatic carbocycles. The van der Waals surface area contributed by atoms with E-state index in [1.165, 1.54) is 12.1 Å². The molecule has 84 valence electrons. The average Bonchev–Trinajstić information content (AvgIpc) is 2.67. The highest BCUT2D eigenvalue weighted by Crippen LogP contribution is 2.29. The fraction of sp³-hybridized carbons (Fsp3) is 0.167. The third kappa shape index (κ3) is 2.18. The van der Waals surface area contributed by atoms with Gasteiger partial charge in [0.1, 0.15) is 11.6 Å². The number of hydrogen-bond donors (Lipinski definition) is 1. The summed E-state index contributed by atoms with van der Waals surface area (Å²) in [4.78, 5) is 0. The summed E-state index contributed by atoms with van der Waals surface area (Å²) in [6, 6.07) is 8.13. The molecule has 2 rings (SSSR count). The Morgan fingerprint density at radius 2 is 2.19 bits per heavy atom. The Hall–Kier alpha value is -1.13. The highest BCUT2D eigenvalue weighted by Gasteiger charge is 2.18. The summed E-state index contributed by atoms with van der Waals surface area (Å²) in [6.45, 7) is 0. The van der Waals surface area contributed by atoms with Gasteiger partial charge in [0.15, 0.2) is 0 Å². The molecule has 0 saturated carbocycles. The van der Waals surface area contributed by atoms with Crippen molar-refractivity contribution < 1.29 is 8.81 Å². The molecule has 1 atom stereocenters. The molecule has 1 heterocycles. The average molecular weight is 284 g/mol. The maximum Gasteiger partial charge on any atom is 0.139 e. The van der Waals surface area contributed by atoms with E-state index in [2.05, 4.69) is 21.2 Å². The smallest absolute Gasteiger partial charge is 0.139 e. The number of hydrogen-bond acceptors (Lipinski definition) is 2. The van der Waals surface area contributed by atoms with Crippen molar-refractivity contribution in [2.24, 2.45) is 0 Å². The van der Waals surface area contributed by atoms with E-state index >= 15 is 0 Å². The van der Waals surface area contributed by atoms with Crippen LogP contribution in [0.5, 0.6) is 0 Å². The molecule has 0 bridgehead atoms. The van der Waals surface area contributed by atoms with Crippen LogP contribution in [-0.2, 0) is 0 Å². The highest BCUT2D eigenvalue weighted by atomic mass is 79.9. The van der Waals surface area contributed by atoms with Crippen molar-refractivity contribution in [1.82, 2.24) is 5.32 Å². The van der Waals surface area contributed by atoms with Crippen molar-refractivity contribution in [1.29, 1.82) is 0 Å². The third-order valence-electron chi connectivity index (χ3n) is 2.38. The SMILES string of the molecule is CNC(c1cccc(F)c1)c1occc1Br. The predicted molar refractivity (Wildman–Crippen MR) is 63.7 cm³/mol.